The van der Waals surface area contributed by atoms with Gasteiger partial charge in [0.1, 0.15) is 11.2 Å². The van der Waals surface area contributed by atoms with E-state index in [2.05, 4.69) is 173 Å². The van der Waals surface area contributed by atoms with Crippen molar-refractivity contribution in [2.45, 2.75) is 0 Å². The van der Waals surface area contributed by atoms with E-state index in [4.69, 9.17) is 4.42 Å². The van der Waals surface area contributed by atoms with Crippen LogP contribution >= 0.6 is 0 Å². The smallest absolute Gasteiger partial charge is 0.137 e. The van der Waals surface area contributed by atoms with E-state index >= 15 is 0 Å². The first-order valence-corrected chi connectivity index (χ1v) is 17.5. The largest absolute Gasteiger partial charge is 0.456 e. The van der Waals surface area contributed by atoms with Crippen LogP contribution in [0.1, 0.15) is 0 Å². The Morgan fingerprint density at radius 1 is 0.333 bits per heavy atom. The van der Waals surface area contributed by atoms with E-state index in [0.29, 0.717) is 0 Å². The van der Waals surface area contributed by atoms with Crippen molar-refractivity contribution in [1.82, 2.24) is 9.13 Å². The number of fused-ring (bicyclic) bond motifs is 14. The number of benzene rings is 8. The Hall–Kier alpha value is -6.84. The van der Waals surface area contributed by atoms with Crippen molar-refractivity contribution in [1.29, 1.82) is 0 Å². The monoisotopic (exact) mass is 648 g/mol. The van der Waals surface area contributed by atoms with Crippen LogP contribution in [0.2, 0.25) is 0 Å². The van der Waals surface area contributed by atoms with E-state index in [0.717, 1.165) is 33.1 Å². The van der Waals surface area contributed by atoms with Crippen molar-refractivity contribution < 1.29 is 4.42 Å². The second-order valence-corrected chi connectivity index (χ2v) is 13.7. The highest BCUT2D eigenvalue weighted by molar-refractivity contribution is 6.19. The standard InChI is InChI=1S/C48H28N2O/c1-2-11-31(12-3-1)49-43-23-21-30(26-39(43)40-27-41-35-16-7-9-20-46(35)51-47(41)28-45(40)49)29-22-24-44-38(25-29)33-14-5-4-13-32(33)36-17-10-18-37-34-15-6-8-19-42(34)50(44)48(36)37/h1-28H. The molecule has 0 atom stereocenters. The molecule has 0 fully saturated rings. The SMILES string of the molecule is c1ccc(-n2c3ccc(-c4ccc5c(c4)-c4ccccc4-c4cccc6c7ccccc7n-5c46)cc3c3cc4c(cc32)oc2ccccc24)cc1. The minimum absolute atomic E-state index is 0.904. The lowest BCUT2D eigenvalue weighted by atomic mass is 9.91. The Morgan fingerprint density at radius 3 is 1.90 bits per heavy atom. The van der Waals surface area contributed by atoms with Crippen LogP contribution < -0.4 is 0 Å². The summed E-state index contributed by atoms with van der Waals surface area (Å²) in [6, 6.07) is 61.9. The zero-order valence-electron chi connectivity index (χ0n) is 27.5. The number of nitrogens with zero attached hydrogens (tertiary/aromatic N) is 2. The fraction of sp³-hybridized carbons (Fsp3) is 0. The number of rotatable bonds is 2. The summed E-state index contributed by atoms with van der Waals surface area (Å²) in [6.07, 6.45) is 0. The predicted octanol–water partition coefficient (Wildman–Crippen LogP) is 13.1. The second kappa shape index (κ2) is 9.87. The molecule has 0 spiro atoms. The molecule has 12 rings (SSSR count). The van der Waals surface area contributed by atoms with Crippen molar-refractivity contribution in [3.05, 3.63) is 170 Å². The second-order valence-electron chi connectivity index (χ2n) is 13.7. The fourth-order valence-corrected chi connectivity index (χ4v) is 8.84. The highest BCUT2D eigenvalue weighted by Gasteiger charge is 2.25. The molecule has 0 saturated heterocycles. The summed E-state index contributed by atoms with van der Waals surface area (Å²) < 4.78 is 11.2. The summed E-state index contributed by atoms with van der Waals surface area (Å²) in [7, 11) is 0. The molecule has 0 unspecified atom stereocenters. The average Bonchev–Trinajstić information content (AvgIpc) is 3.81. The molecule has 3 heteroatoms. The van der Waals surface area contributed by atoms with Crippen LogP contribution in [0.15, 0.2) is 174 Å². The minimum atomic E-state index is 0.904. The highest BCUT2D eigenvalue weighted by Crippen LogP contribution is 2.48. The Bertz CT molecular complexity index is 3250. The van der Waals surface area contributed by atoms with Gasteiger partial charge in [-0.3, -0.25) is 0 Å². The van der Waals surface area contributed by atoms with Crippen molar-refractivity contribution in [3.63, 3.8) is 0 Å². The number of hydrogen-bond donors (Lipinski definition) is 0. The molecule has 3 nitrogen and oxygen atoms in total. The van der Waals surface area contributed by atoms with Gasteiger partial charge in [0.05, 0.1) is 27.8 Å². The molecule has 0 amide bonds. The molecule has 1 aliphatic rings. The summed E-state index contributed by atoms with van der Waals surface area (Å²) in [5, 5.41) is 7.29. The molecule has 4 heterocycles. The van der Waals surface area contributed by atoms with Crippen LogP contribution in [-0.4, -0.2) is 9.13 Å². The van der Waals surface area contributed by atoms with E-state index in [1.807, 2.05) is 6.07 Å². The maximum atomic E-state index is 6.38. The van der Waals surface area contributed by atoms with Crippen molar-refractivity contribution in [3.8, 4) is 44.8 Å². The lowest BCUT2D eigenvalue weighted by Gasteiger charge is -2.15. The van der Waals surface area contributed by atoms with E-state index in [1.165, 1.54) is 77.2 Å². The zero-order valence-corrected chi connectivity index (χ0v) is 27.5. The van der Waals surface area contributed by atoms with Crippen molar-refractivity contribution in [2.75, 3.05) is 0 Å². The number of furan rings is 1. The topological polar surface area (TPSA) is 23.0 Å². The molecule has 1 aliphatic heterocycles. The van der Waals surface area contributed by atoms with Crippen molar-refractivity contribution >= 4 is 65.6 Å². The molecular formula is C48H28N2O. The zero-order chi connectivity index (χ0) is 33.2. The summed E-state index contributed by atoms with van der Waals surface area (Å²) in [6.45, 7) is 0. The van der Waals surface area contributed by atoms with Gasteiger partial charge in [0.2, 0.25) is 0 Å². The number of para-hydroxylation sites is 4. The lowest BCUT2D eigenvalue weighted by molar-refractivity contribution is 0.669. The maximum Gasteiger partial charge on any atom is 0.137 e. The van der Waals surface area contributed by atoms with E-state index in [9.17, 15) is 0 Å². The van der Waals surface area contributed by atoms with Gasteiger partial charge in [0.25, 0.3) is 0 Å². The average molecular weight is 649 g/mol. The third-order valence-corrected chi connectivity index (χ3v) is 11.1. The first-order chi connectivity index (χ1) is 25.3. The molecule has 236 valence electrons. The predicted molar refractivity (Wildman–Crippen MR) is 212 cm³/mol. The van der Waals surface area contributed by atoms with E-state index < -0.39 is 0 Å². The summed E-state index contributed by atoms with van der Waals surface area (Å²) in [5.41, 5.74) is 16.4. The first kappa shape index (κ1) is 27.0. The van der Waals surface area contributed by atoms with Gasteiger partial charge in [-0.05, 0) is 76.9 Å². The molecular weight excluding hydrogens is 621 g/mol. The van der Waals surface area contributed by atoms with Gasteiger partial charge in [-0.2, -0.15) is 0 Å². The van der Waals surface area contributed by atoms with Crippen LogP contribution in [0.25, 0.3) is 110 Å². The molecule has 11 aromatic rings. The molecule has 0 saturated carbocycles. The number of aromatic nitrogens is 2. The van der Waals surface area contributed by atoms with E-state index in [-0.39, 0.29) is 0 Å². The van der Waals surface area contributed by atoms with Gasteiger partial charge in [0.15, 0.2) is 0 Å². The highest BCUT2D eigenvalue weighted by atomic mass is 16.3. The van der Waals surface area contributed by atoms with Gasteiger partial charge < -0.3 is 13.6 Å². The molecule has 0 aliphatic carbocycles. The van der Waals surface area contributed by atoms with Gasteiger partial charge in [-0.1, -0.05) is 109 Å². The van der Waals surface area contributed by atoms with Crippen LogP contribution in [0.4, 0.5) is 0 Å². The fourth-order valence-electron chi connectivity index (χ4n) is 8.84. The lowest BCUT2D eigenvalue weighted by Crippen LogP contribution is -1.96. The molecule has 0 bridgehead atoms. The summed E-state index contributed by atoms with van der Waals surface area (Å²) >= 11 is 0. The Kier molecular flexibility index (Phi) is 5.23. The van der Waals surface area contributed by atoms with Crippen LogP contribution in [0.3, 0.4) is 0 Å². The Balaban J connectivity index is 1.14. The van der Waals surface area contributed by atoms with Crippen molar-refractivity contribution in [2.24, 2.45) is 0 Å². The van der Waals surface area contributed by atoms with Gasteiger partial charge in [-0.25, -0.2) is 0 Å². The van der Waals surface area contributed by atoms with Crippen LogP contribution in [0.5, 0.6) is 0 Å². The minimum Gasteiger partial charge on any atom is -0.456 e. The molecule has 51 heavy (non-hydrogen) atoms. The maximum absolute atomic E-state index is 6.38. The van der Waals surface area contributed by atoms with E-state index in [1.54, 1.807) is 0 Å². The third kappa shape index (κ3) is 3.62. The molecule has 0 radical (unpaired) electrons. The first-order valence-electron chi connectivity index (χ1n) is 17.5. The van der Waals surface area contributed by atoms with Gasteiger partial charge in [0, 0.05) is 55.2 Å². The van der Waals surface area contributed by atoms with Gasteiger partial charge >= 0.3 is 0 Å². The normalized spacial score (nSPS) is 12.3. The van der Waals surface area contributed by atoms with Crippen LogP contribution in [-0.2, 0) is 0 Å². The summed E-state index contributed by atoms with van der Waals surface area (Å²) in [5.74, 6) is 0. The Labute approximate surface area is 292 Å². The number of hydrogen-bond acceptors (Lipinski definition) is 1. The summed E-state index contributed by atoms with van der Waals surface area (Å²) in [4.78, 5) is 0. The molecule has 0 N–H and O–H groups in total. The molecule has 8 aromatic carbocycles. The quantitative estimate of drug-likeness (QED) is 0.183. The van der Waals surface area contributed by atoms with Crippen LogP contribution in [0, 0.1) is 0 Å². The molecule has 3 aromatic heterocycles. The Morgan fingerprint density at radius 2 is 1.00 bits per heavy atom. The third-order valence-electron chi connectivity index (χ3n) is 11.1. The van der Waals surface area contributed by atoms with Gasteiger partial charge in [-0.15, -0.1) is 0 Å².